The third kappa shape index (κ3) is 5.66. The lowest BCUT2D eigenvalue weighted by atomic mass is 10.0. The molecule has 0 spiro atoms. The van der Waals surface area contributed by atoms with Gasteiger partial charge in [-0.05, 0) is 65.3 Å². The van der Waals surface area contributed by atoms with Crippen molar-refractivity contribution in [2.45, 2.75) is 58.7 Å². The lowest BCUT2D eigenvalue weighted by Gasteiger charge is -2.39. The summed E-state index contributed by atoms with van der Waals surface area (Å²) in [4.78, 5) is 32.3. The molecule has 32 heavy (non-hydrogen) atoms. The summed E-state index contributed by atoms with van der Waals surface area (Å²) < 4.78 is 0. The number of aryl methyl sites for hydroxylation is 1. The van der Waals surface area contributed by atoms with Crippen molar-refractivity contribution in [2.75, 3.05) is 44.2 Å². The molecule has 2 aliphatic rings. The molecule has 0 bridgehead atoms. The predicted molar refractivity (Wildman–Crippen MR) is 127 cm³/mol. The van der Waals surface area contributed by atoms with E-state index < -0.39 is 0 Å². The van der Waals surface area contributed by atoms with E-state index in [-0.39, 0.29) is 5.91 Å². The maximum Gasteiger partial charge on any atom is 0.270 e. The summed E-state index contributed by atoms with van der Waals surface area (Å²) >= 11 is 0. The molecule has 1 amide bonds. The van der Waals surface area contributed by atoms with E-state index in [1.807, 2.05) is 19.1 Å². The van der Waals surface area contributed by atoms with Crippen molar-refractivity contribution >= 4 is 11.7 Å². The molecule has 0 unspecified atom stereocenters. The second kappa shape index (κ2) is 10.4. The monoisotopic (exact) mass is 439 g/mol. The van der Waals surface area contributed by atoms with E-state index in [1.54, 1.807) is 12.3 Å². The lowest BCUT2D eigenvalue weighted by molar-refractivity contribution is 0.0945. The zero-order chi connectivity index (χ0) is 22.5. The Kier molecular flexibility index (Phi) is 7.42. The second-order valence-corrected chi connectivity index (χ2v) is 9.31. The minimum absolute atomic E-state index is 0.172. The molecule has 4 rings (SSSR count). The van der Waals surface area contributed by atoms with Crippen molar-refractivity contribution in [3.8, 4) is 0 Å². The van der Waals surface area contributed by atoms with Crippen LogP contribution in [0.25, 0.3) is 0 Å². The van der Waals surface area contributed by atoms with Crippen molar-refractivity contribution in [3.05, 3.63) is 41.6 Å². The smallest absolute Gasteiger partial charge is 0.270 e. The van der Waals surface area contributed by atoms with Gasteiger partial charge in [-0.25, -0.2) is 9.97 Å². The third-order valence-corrected chi connectivity index (χ3v) is 6.74. The number of H-pyrrole nitrogens is 1. The number of imidazole rings is 1. The number of piperidine rings is 1. The van der Waals surface area contributed by atoms with E-state index in [4.69, 9.17) is 0 Å². The Morgan fingerprint density at radius 1 is 1.16 bits per heavy atom. The Morgan fingerprint density at radius 3 is 2.69 bits per heavy atom. The molecule has 2 saturated heterocycles. The van der Waals surface area contributed by atoms with Crippen LogP contribution in [0.5, 0.6) is 0 Å². The summed E-state index contributed by atoms with van der Waals surface area (Å²) in [5, 5.41) is 2.91. The van der Waals surface area contributed by atoms with Gasteiger partial charge in [0.15, 0.2) is 0 Å². The van der Waals surface area contributed by atoms with Gasteiger partial charge in [-0.3, -0.25) is 9.69 Å². The number of rotatable bonds is 6. The first-order valence-corrected chi connectivity index (χ1v) is 12.0. The highest BCUT2D eigenvalue weighted by atomic mass is 16.1. The Morgan fingerprint density at radius 2 is 1.97 bits per heavy atom. The Balaban J connectivity index is 1.32. The van der Waals surface area contributed by atoms with Gasteiger partial charge < -0.3 is 20.1 Å². The van der Waals surface area contributed by atoms with Crippen LogP contribution in [0.3, 0.4) is 0 Å². The number of carbonyl (C=O) groups is 1. The number of likely N-dealkylation sites (tertiary alicyclic amines) is 1. The molecule has 4 heterocycles. The van der Waals surface area contributed by atoms with Gasteiger partial charge in [0.2, 0.25) is 0 Å². The Hall–Kier alpha value is -2.45. The van der Waals surface area contributed by atoms with Crippen molar-refractivity contribution < 1.29 is 4.79 Å². The number of pyridine rings is 1. The van der Waals surface area contributed by atoms with Crippen LogP contribution in [0.1, 0.15) is 55.1 Å². The zero-order valence-electron chi connectivity index (χ0n) is 19.7. The first-order valence-electron chi connectivity index (χ1n) is 12.0. The van der Waals surface area contributed by atoms with Crippen molar-refractivity contribution in [3.63, 3.8) is 0 Å². The van der Waals surface area contributed by atoms with Gasteiger partial charge in [-0.1, -0.05) is 6.07 Å². The van der Waals surface area contributed by atoms with Crippen LogP contribution in [0.2, 0.25) is 0 Å². The van der Waals surface area contributed by atoms with Gasteiger partial charge in [0.05, 0.1) is 6.54 Å². The summed E-state index contributed by atoms with van der Waals surface area (Å²) in [5.74, 6) is 1.47. The fraction of sp³-hybridized carbons (Fsp3) is 0.625. The summed E-state index contributed by atoms with van der Waals surface area (Å²) in [5.41, 5.74) is 1.43. The number of nitrogens with one attached hydrogen (secondary N) is 2. The average molecular weight is 440 g/mol. The van der Waals surface area contributed by atoms with Gasteiger partial charge in [0, 0.05) is 50.2 Å². The minimum atomic E-state index is -0.172. The number of hydrogen-bond acceptors (Lipinski definition) is 6. The zero-order valence-corrected chi connectivity index (χ0v) is 19.7. The molecule has 0 atom stereocenters. The van der Waals surface area contributed by atoms with Gasteiger partial charge >= 0.3 is 0 Å². The number of carbonyl (C=O) groups excluding carboxylic acids is 1. The summed E-state index contributed by atoms with van der Waals surface area (Å²) in [6.07, 6.45) is 5.42. The third-order valence-electron chi connectivity index (χ3n) is 6.74. The van der Waals surface area contributed by atoms with Crippen molar-refractivity contribution in [1.29, 1.82) is 0 Å². The molecule has 2 aromatic rings. The van der Waals surface area contributed by atoms with E-state index >= 15 is 0 Å². The van der Waals surface area contributed by atoms with Crippen molar-refractivity contribution in [2.24, 2.45) is 0 Å². The average Bonchev–Trinajstić information content (AvgIpc) is 3.07. The van der Waals surface area contributed by atoms with Crippen LogP contribution >= 0.6 is 0 Å². The Labute approximate surface area is 191 Å². The van der Waals surface area contributed by atoms with E-state index in [0.29, 0.717) is 24.3 Å². The summed E-state index contributed by atoms with van der Waals surface area (Å²) in [6, 6.07) is 7.07. The van der Waals surface area contributed by atoms with Crippen LogP contribution in [-0.4, -0.2) is 82.0 Å². The molecule has 2 N–H and O–H groups in total. The van der Waals surface area contributed by atoms with Gasteiger partial charge in [-0.15, -0.1) is 0 Å². The van der Waals surface area contributed by atoms with E-state index in [2.05, 4.69) is 48.8 Å². The van der Waals surface area contributed by atoms with Gasteiger partial charge in [-0.2, -0.15) is 0 Å². The van der Waals surface area contributed by atoms with E-state index in [0.717, 1.165) is 49.9 Å². The molecule has 0 radical (unpaired) electrons. The fourth-order valence-electron chi connectivity index (χ4n) is 4.84. The molecule has 2 aliphatic heterocycles. The summed E-state index contributed by atoms with van der Waals surface area (Å²) in [6.45, 7) is 13.4. The largest absolute Gasteiger partial charge is 0.355 e. The molecule has 2 aromatic heterocycles. The molecule has 0 saturated carbocycles. The maximum absolute atomic E-state index is 12.6. The number of nitrogens with zero attached hydrogens (tertiary/aromatic N) is 5. The number of aromatic amines is 1. The molecule has 2 fully saturated rings. The van der Waals surface area contributed by atoms with E-state index in [1.165, 1.54) is 25.9 Å². The van der Waals surface area contributed by atoms with Gasteiger partial charge in [0.1, 0.15) is 17.3 Å². The molecule has 0 aromatic carbocycles. The topological polar surface area (TPSA) is 80.4 Å². The molecular weight excluding hydrogens is 402 g/mol. The molecule has 8 nitrogen and oxygen atoms in total. The first-order chi connectivity index (χ1) is 15.5. The number of anilines is 1. The van der Waals surface area contributed by atoms with Crippen LogP contribution in [0.15, 0.2) is 24.4 Å². The number of aromatic nitrogens is 3. The highest BCUT2D eigenvalue weighted by Crippen LogP contribution is 2.21. The molecular formula is C24H37N7O. The minimum Gasteiger partial charge on any atom is -0.355 e. The number of amides is 1. The van der Waals surface area contributed by atoms with Crippen LogP contribution < -0.4 is 10.2 Å². The lowest BCUT2D eigenvalue weighted by Crippen LogP contribution is -2.47. The van der Waals surface area contributed by atoms with Gasteiger partial charge in [0.25, 0.3) is 5.91 Å². The normalized spacial score (nSPS) is 19.3. The van der Waals surface area contributed by atoms with Crippen molar-refractivity contribution in [1.82, 2.24) is 30.1 Å². The van der Waals surface area contributed by atoms with Crippen LogP contribution in [0.4, 0.5) is 5.82 Å². The molecule has 174 valence electrons. The first kappa shape index (κ1) is 22.7. The molecule has 8 heteroatoms. The number of hydrogen-bond donors (Lipinski definition) is 2. The quantitative estimate of drug-likeness (QED) is 0.720. The van der Waals surface area contributed by atoms with E-state index in [9.17, 15) is 4.79 Å². The van der Waals surface area contributed by atoms with Crippen LogP contribution in [-0.2, 0) is 6.54 Å². The summed E-state index contributed by atoms with van der Waals surface area (Å²) in [7, 11) is 0. The highest BCUT2D eigenvalue weighted by Gasteiger charge is 2.27. The standard InChI is InChI=1S/C24H37N7O/c1-18(2)29-12-8-20(9-13-29)30-10-5-11-31(15-14-30)23-7-4-6-21(28-23)24(32)26-17-22-25-16-19(3)27-22/h4,6-7,16,18,20H,5,8-15,17H2,1-3H3,(H,25,27)(H,26,32). The van der Waals surface area contributed by atoms with Crippen LogP contribution in [0, 0.1) is 6.92 Å². The highest BCUT2D eigenvalue weighted by molar-refractivity contribution is 5.92. The predicted octanol–water partition coefficient (Wildman–Crippen LogP) is 2.43. The fourth-order valence-corrected chi connectivity index (χ4v) is 4.84. The Bertz CT molecular complexity index is 888. The second-order valence-electron chi connectivity index (χ2n) is 9.31. The maximum atomic E-state index is 12.6. The molecule has 0 aliphatic carbocycles. The SMILES string of the molecule is Cc1cnc(CNC(=O)c2cccc(N3CCCN(C4CCN(C(C)C)CC4)CC3)n2)[nH]1.